The highest BCUT2D eigenvalue weighted by atomic mass is 35.5. The Bertz CT molecular complexity index is 1400. The Morgan fingerprint density at radius 1 is 1.03 bits per heavy atom. The van der Waals surface area contributed by atoms with Crippen LogP contribution < -0.4 is 9.77 Å². The zero-order valence-electron chi connectivity index (χ0n) is 18.3. The molecule has 2 amide bonds. The van der Waals surface area contributed by atoms with Gasteiger partial charge in [-0.15, -0.1) is 0 Å². The molecule has 35 heavy (non-hydrogen) atoms. The fourth-order valence-electron chi connectivity index (χ4n) is 4.52. The second-order valence-electron chi connectivity index (χ2n) is 7.96. The first-order valence-corrected chi connectivity index (χ1v) is 13.2. The number of anilines is 1. The predicted octanol–water partition coefficient (Wildman–Crippen LogP) is 4.58. The van der Waals surface area contributed by atoms with Crippen LogP contribution in [0.15, 0.2) is 58.4 Å². The van der Waals surface area contributed by atoms with Gasteiger partial charge in [0, 0.05) is 10.8 Å². The van der Waals surface area contributed by atoms with Crippen molar-refractivity contribution < 1.29 is 19.1 Å². The number of carbonyl (C=O) groups excluding carboxylic acids is 3. The number of rotatable bonds is 5. The van der Waals surface area contributed by atoms with E-state index in [1.54, 1.807) is 55.5 Å². The number of ether oxygens (including phenoxy) is 1. The van der Waals surface area contributed by atoms with Gasteiger partial charge in [-0.2, -0.15) is 0 Å². The fraction of sp³-hybridized carbons (Fsp3) is 0.250. The fourth-order valence-corrected chi connectivity index (χ4v) is 7.71. The topological polar surface area (TPSA) is 85.7 Å². The van der Waals surface area contributed by atoms with Crippen LogP contribution in [-0.4, -0.2) is 34.2 Å². The van der Waals surface area contributed by atoms with Gasteiger partial charge < -0.3 is 4.74 Å². The maximum absolute atomic E-state index is 13.8. The molecule has 3 aromatic rings. The van der Waals surface area contributed by atoms with Crippen molar-refractivity contribution >= 4 is 69.8 Å². The average Bonchev–Trinajstić information content (AvgIpc) is 3.28. The molecule has 2 aliphatic rings. The van der Waals surface area contributed by atoms with Gasteiger partial charge in [-0.3, -0.25) is 23.7 Å². The van der Waals surface area contributed by atoms with E-state index in [4.69, 9.17) is 27.9 Å². The lowest BCUT2D eigenvalue weighted by Crippen LogP contribution is -2.33. The molecule has 0 bridgehead atoms. The number of esters is 1. The number of aromatic nitrogens is 1. The predicted molar refractivity (Wildman–Crippen MR) is 136 cm³/mol. The Kier molecular flexibility index (Phi) is 6.52. The molecule has 180 valence electrons. The van der Waals surface area contributed by atoms with Crippen LogP contribution >= 0.6 is 46.3 Å². The minimum atomic E-state index is -0.808. The molecule has 7 nitrogen and oxygen atoms in total. The quantitative estimate of drug-likeness (QED) is 0.342. The number of para-hydroxylation sites is 1. The molecule has 11 heteroatoms. The van der Waals surface area contributed by atoms with Crippen LogP contribution in [0.3, 0.4) is 0 Å². The van der Waals surface area contributed by atoms with Crippen molar-refractivity contribution in [3.63, 3.8) is 0 Å². The summed E-state index contributed by atoms with van der Waals surface area (Å²) in [5.41, 5.74) is 1.03. The van der Waals surface area contributed by atoms with E-state index in [9.17, 15) is 19.2 Å². The molecule has 2 aromatic carbocycles. The van der Waals surface area contributed by atoms with Crippen molar-refractivity contribution in [1.82, 2.24) is 4.57 Å². The van der Waals surface area contributed by atoms with Crippen LogP contribution in [0.5, 0.6) is 0 Å². The molecule has 3 heterocycles. The SMILES string of the molecule is CCOC(=O)Cn1c2c(sc1=O)[C@@H](c1cccc(Cl)c1Cl)[C@@H]1C(=O)N(c3ccccc3)C(=O)[C@@H]1S2. The minimum Gasteiger partial charge on any atom is -0.465 e. The molecule has 1 aromatic heterocycles. The van der Waals surface area contributed by atoms with E-state index >= 15 is 0 Å². The van der Waals surface area contributed by atoms with Crippen molar-refractivity contribution in [3.8, 4) is 0 Å². The summed E-state index contributed by atoms with van der Waals surface area (Å²) in [5, 5.41) is 0.214. The Labute approximate surface area is 218 Å². The van der Waals surface area contributed by atoms with Crippen LogP contribution in [0, 0.1) is 5.92 Å². The highest BCUT2D eigenvalue weighted by Crippen LogP contribution is 2.55. The van der Waals surface area contributed by atoms with Gasteiger partial charge in [-0.05, 0) is 30.7 Å². The maximum Gasteiger partial charge on any atom is 0.326 e. The number of halogens is 2. The van der Waals surface area contributed by atoms with E-state index < -0.39 is 23.1 Å². The van der Waals surface area contributed by atoms with Gasteiger partial charge in [0.2, 0.25) is 11.8 Å². The van der Waals surface area contributed by atoms with E-state index in [-0.39, 0.29) is 34.9 Å². The summed E-state index contributed by atoms with van der Waals surface area (Å²) in [4.78, 5) is 53.9. The summed E-state index contributed by atoms with van der Waals surface area (Å²) in [7, 11) is 0. The van der Waals surface area contributed by atoms with Crippen molar-refractivity contribution in [2.24, 2.45) is 5.92 Å². The van der Waals surface area contributed by atoms with Gasteiger partial charge in [-0.25, -0.2) is 4.90 Å². The first-order chi connectivity index (χ1) is 16.8. The first-order valence-electron chi connectivity index (χ1n) is 10.8. The lowest BCUT2D eigenvalue weighted by atomic mass is 9.83. The number of amides is 2. The van der Waals surface area contributed by atoms with Gasteiger partial charge in [0.15, 0.2) is 0 Å². The smallest absolute Gasteiger partial charge is 0.326 e. The number of imide groups is 1. The van der Waals surface area contributed by atoms with Crippen LogP contribution in [0.4, 0.5) is 5.69 Å². The first kappa shape index (κ1) is 24.1. The lowest BCUT2D eigenvalue weighted by molar-refractivity contribution is -0.144. The van der Waals surface area contributed by atoms with E-state index in [1.807, 2.05) is 0 Å². The van der Waals surface area contributed by atoms with Crippen molar-refractivity contribution in [2.45, 2.75) is 29.7 Å². The van der Waals surface area contributed by atoms with Crippen molar-refractivity contribution in [2.75, 3.05) is 11.5 Å². The molecule has 0 unspecified atom stereocenters. The van der Waals surface area contributed by atoms with Gasteiger partial charge in [0.05, 0.1) is 33.3 Å². The second kappa shape index (κ2) is 9.46. The number of hydrogen-bond acceptors (Lipinski definition) is 7. The maximum atomic E-state index is 13.8. The summed E-state index contributed by atoms with van der Waals surface area (Å²) in [5.74, 6) is -2.80. The molecule has 2 aliphatic heterocycles. The number of hydrogen-bond donors (Lipinski definition) is 0. The number of nitrogens with zero attached hydrogens (tertiary/aromatic N) is 2. The number of thioether (sulfide) groups is 1. The number of fused-ring (bicyclic) bond motifs is 2. The van der Waals surface area contributed by atoms with Crippen LogP contribution in [-0.2, 0) is 25.7 Å². The van der Waals surface area contributed by atoms with Gasteiger partial charge >= 0.3 is 10.8 Å². The van der Waals surface area contributed by atoms with Gasteiger partial charge in [0.25, 0.3) is 0 Å². The third-order valence-electron chi connectivity index (χ3n) is 5.97. The summed E-state index contributed by atoms with van der Waals surface area (Å²) in [6.07, 6.45) is 0. The van der Waals surface area contributed by atoms with Crippen LogP contribution in [0.25, 0.3) is 0 Å². The zero-order valence-corrected chi connectivity index (χ0v) is 21.4. The molecule has 0 spiro atoms. The third-order valence-corrected chi connectivity index (χ3v) is 9.41. The molecule has 0 aliphatic carbocycles. The van der Waals surface area contributed by atoms with Crippen LogP contribution in [0.2, 0.25) is 10.0 Å². The number of carbonyl (C=O) groups is 3. The minimum absolute atomic E-state index is 0.178. The molecule has 3 atom stereocenters. The molecule has 5 rings (SSSR count). The largest absolute Gasteiger partial charge is 0.465 e. The molecule has 0 N–H and O–H groups in total. The summed E-state index contributed by atoms with van der Waals surface area (Å²) < 4.78 is 6.35. The molecule has 0 saturated carbocycles. The zero-order chi connectivity index (χ0) is 24.9. The highest BCUT2D eigenvalue weighted by molar-refractivity contribution is 8.00. The van der Waals surface area contributed by atoms with Crippen molar-refractivity contribution in [3.05, 3.63) is 78.7 Å². The molecular formula is C24H18Cl2N2O5S2. The Balaban J connectivity index is 1.69. The Hall–Kier alpha value is -2.59. The molecule has 1 saturated heterocycles. The summed E-state index contributed by atoms with van der Waals surface area (Å²) in [6, 6.07) is 13.8. The molecule has 0 radical (unpaired) electrons. The average molecular weight is 549 g/mol. The molecular weight excluding hydrogens is 531 g/mol. The molecule has 1 fully saturated rings. The second-order valence-corrected chi connectivity index (χ2v) is 10.9. The normalized spacial score (nSPS) is 21.1. The van der Waals surface area contributed by atoms with E-state index in [1.165, 1.54) is 9.47 Å². The lowest BCUT2D eigenvalue weighted by Gasteiger charge is -2.31. The van der Waals surface area contributed by atoms with Gasteiger partial charge in [-0.1, -0.05) is 76.6 Å². The third kappa shape index (κ3) is 4.00. The Morgan fingerprint density at radius 2 is 1.77 bits per heavy atom. The van der Waals surface area contributed by atoms with E-state index in [2.05, 4.69) is 0 Å². The van der Waals surface area contributed by atoms with Crippen molar-refractivity contribution in [1.29, 1.82) is 0 Å². The van der Waals surface area contributed by atoms with Crippen LogP contribution in [0.1, 0.15) is 23.3 Å². The van der Waals surface area contributed by atoms with E-state index in [0.717, 1.165) is 23.1 Å². The number of thiazole rings is 1. The summed E-state index contributed by atoms with van der Waals surface area (Å²) in [6.45, 7) is 1.57. The highest BCUT2D eigenvalue weighted by Gasteiger charge is 2.57. The summed E-state index contributed by atoms with van der Waals surface area (Å²) >= 11 is 15.0. The van der Waals surface area contributed by atoms with Gasteiger partial charge in [0.1, 0.15) is 11.8 Å². The Morgan fingerprint density at radius 3 is 2.49 bits per heavy atom. The van der Waals surface area contributed by atoms with E-state index in [0.29, 0.717) is 26.2 Å². The number of benzene rings is 2. The standard InChI is InChI=1S/C24H18Cl2N2O5S2/c1-2-33-15(29)11-27-23-20(35-24(27)32)16(13-9-6-10-14(25)18(13)26)17-19(34-23)22(31)28(21(17)30)12-7-4-3-5-8-12/h3-10,16-17,19H,2,11H2,1H3/t16-,17-,19+/m0/s1. The monoisotopic (exact) mass is 548 g/mol.